The molecule has 1 aromatic rings. The third-order valence-corrected chi connectivity index (χ3v) is 3.63. The van der Waals surface area contributed by atoms with Crippen molar-refractivity contribution >= 4 is 11.1 Å². The Hall–Kier alpha value is -0.930. The molecular formula is C15H22O2S. The van der Waals surface area contributed by atoms with E-state index in [0.717, 1.165) is 16.9 Å². The quantitative estimate of drug-likeness (QED) is 0.521. The number of unbranched alkanes of at least 4 members (excludes halogenated alkanes) is 3. The van der Waals surface area contributed by atoms with Crippen LogP contribution in [0.1, 0.15) is 38.2 Å². The van der Waals surface area contributed by atoms with E-state index in [1.54, 1.807) is 0 Å². The minimum Gasteiger partial charge on any atom is -0.283 e. The van der Waals surface area contributed by atoms with Gasteiger partial charge in [0.25, 0.3) is 0 Å². The first-order valence-corrected chi connectivity index (χ1v) is 7.58. The van der Waals surface area contributed by atoms with Crippen LogP contribution in [0.2, 0.25) is 0 Å². The van der Waals surface area contributed by atoms with E-state index in [0.29, 0.717) is 6.61 Å². The Morgan fingerprint density at radius 3 is 2.56 bits per heavy atom. The zero-order valence-electron chi connectivity index (χ0n) is 11.2. The molecule has 18 heavy (non-hydrogen) atoms. The molecule has 1 aromatic carbocycles. The minimum absolute atomic E-state index is 0.409. The summed E-state index contributed by atoms with van der Waals surface area (Å²) in [5.41, 5.74) is 1.16. The molecule has 0 aliphatic rings. The van der Waals surface area contributed by atoms with Crippen molar-refractivity contribution in [2.75, 3.05) is 6.61 Å². The molecule has 100 valence electrons. The number of aryl methyl sites for hydroxylation is 1. The van der Waals surface area contributed by atoms with Crippen LogP contribution in [0.5, 0.6) is 0 Å². The molecule has 1 rings (SSSR count). The Balaban J connectivity index is 2.23. The normalized spacial score (nSPS) is 13.0. The maximum atomic E-state index is 11.7. The molecule has 0 saturated heterocycles. The molecule has 0 aromatic heterocycles. The van der Waals surface area contributed by atoms with Crippen molar-refractivity contribution in [1.29, 1.82) is 0 Å². The van der Waals surface area contributed by atoms with Crippen LogP contribution in [0.4, 0.5) is 0 Å². The van der Waals surface area contributed by atoms with Gasteiger partial charge in [-0.15, -0.1) is 0 Å². The maximum absolute atomic E-state index is 11.7. The first-order valence-electron chi connectivity index (χ1n) is 6.50. The number of hydrogen-bond acceptors (Lipinski definition) is 2. The monoisotopic (exact) mass is 266 g/mol. The van der Waals surface area contributed by atoms with Gasteiger partial charge in [0.15, 0.2) is 11.1 Å². The summed E-state index contributed by atoms with van der Waals surface area (Å²) in [7, 11) is 0. The van der Waals surface area contributed by atoms with E-state index in [4.69, 9.17) is 4.18 Å². The largest absolute Gasteiger partial charge is 0.283 e. The summed E-state index contributed by atoms with van der Waals surface area (Å²) < 4.78 is 17.0. The molecule has 3 heteroatoms. The predicted molar refractivity (Wildman–Crippen MR) is 76.8 cm³/mol. The number of allylic oxidation sites excluding steroid dienone is 1. The zero-order valence-corrected chi connectivity index (χ0v) is 12.0. The Morgan fingerprint density at radius 2 is 1.89 bits per heavy atom. The van der Waals surface area contributed by atoms with Crippen molar-refractivity contribution in [1.82, 2.24) is 0 Å². The first kappa shape index (κ1) is 15.1. The van der Waals surface area contributed by atoms with Crippen LogP contribution < -0.4 is 0 Å². The molecule has 0 aliphatic carbocycles. The summed E-state index contributed by atoms with van der Waals surface area (Å²) in [6.45, 7) is 4.61. The van der Waals surface area contributed by atoms with Gasteiger partial charge >= 0.3 is 0 Å². The molecule has 0 N–H and O–H groups in total. The fourth-order valence-corrected chi connectivity index (χ4v) is 2.21. The van der Waals surface area contributed by atoms with Crippen LogP contribution in [0, 0.1) is 6.92 Å². The molecule has 0 radical (unpaired) electrons. The summed E-state index contributed by atoms with van der Waals surface area (Å²) in [5, 5.41) is 0. The summed E-state index contributed by atoms with van der Waals surface area (Å²) in [4.78, 5) is 0.722. The van der Waals surface area contributed by atoms with Crippen molar-refractivity contribution in [3.05, 3.63) is 42.0 Å². The Labute approximate surface area is 113 Å². The van der Waals surface area contributed by atoms with Gasteiger partial charge in [-0.25, -0.2) is 4.21 Å². The first-order chi connectivity index (χ1) is 8.74. The van der Waals surface area contributed by atoms with Gasteiger partial charge in [0.05, 0.1) is 11.5 Å². The van der Waals surface area contributed by atoms with Gasteiger partial charge in [-0.05, 0) is 31.9 Å². The van der Waals surface area contributed by atoms with Crippen LogP contribution in [-0.4, -0.2) is 10.8 Å². The fraction of sp³-hybridized carbons (Fsp3) is 0.467. The Bertz CT molecular complexity index is 382. The second-order valence-electron chi connectivity index (χ2n) is 4.30. The van der Waals surface area contributed by atoms with Crippen molar-refractivity contribution in [3.8, 4) is 0 Å². The third-order valence-electron chi connectivity index (χ3n) is 2.63. The van der Waals surface area contributed by atoms with Crippen LogP contribution in [0.15, 0.2) is 41.3 Å². The van der Waals surface area contributed by atoms with Crippen molar-refractivity contribution in [2.45, 2.75) is 44.4 Å². The van der Waals surface area contributed by atoms with E-state index in [1.165, 1.54) is 19.3 Å². The molecule has 2 nitrogen and oxygen atoms in total. The van der Waals surface area contributed by atoms with Gasteiger partial charge in [0.1, 0.15) is 0 Å². The lowest BCUT2D eigenvalue weighted by Gasteiger charge is -2.01. The van der Waals surface area contributed by atoms with Gasteiger partial charge in [0, 0.05) is 0 Å². The standard InChI is InChI=1S/C15H22O2S/c1-3-4-5-6-7-8-13-17-18(16)15-11-9-14(2)10-12-15/h7-12H,3-6,13H2,1-2H3/b8-7-. The van der Waals surface area contributed by atoms with Crippen LogP contribution in [-0.2, 0) is 15.3 Å². The Morgan fingerprint density at radius 1 is 1.17 bits per heavy atom. The molecule has 1 atom stereocenters. The highest BCUT2D eigenvalue weighted by molar-refractivity contribution is 7.80. The van der Waals surface area contributed by atoms with Crippen molar-refractivity contribution < 1.29 is 8.39 Å². The maximum Gasteiger partial charge on any atom is 0.189 e. The molecule has 0 heterocycles. The molecular weight excluding hydrogens is 244 g/mol. The van der Waals surface area contributed by atoms with E-state index in [2.05, 4.69) is 13.0 Å². The summed E-state index contributed by atoms with van der Waals surface area (Å²) in [6.07, 6.45) is 8.84. The number of hydrogen-bond donors (Lipinski definition) is 0. The lowest BCUT2D eigenvalue weighted by Crippen LogP contribution is -1.97. The van der Waals surface area contributed by atoms with Gasteiger partial charge < -0.3 is 0 Å². The SMILES string of the molecule is CCCCC/C=C\COS(=O)c1ccc(C)cc1. The second-order valence-corrected chi connectivity index (χ2v) is 5.48. The lowest BCUT2D eigenvalue weighted by molar-refractivity contribution is 0.394. The van der Waals surface area contributed by atoms with Crippen molar-refractivity contribution in [3.63, 3.8) is 0 Å². The number of rotatable bonds is 8. The van der Waals surface area contributed by atoms with Gasteiger partial charge in [0.2, 0.25) is 0 Å². The fourth-order valence-electron chi connectivity index (χ4n) is 1.52. The average Bonchev–Trinajstić information content (AvgIpc) is 2.38. The molecule has 1 unspecified atom stereocenters. The third kappa shape index (κ3) is 6.12. The van der Waals surface area contributed by atoms with Gasteiger partial charge in [-0.3, -0.25) is 4.18 Å². The molecule has 0 fully saturated rings. The molecule has 0 amide bonds. The topological polar surface area (TPSA) is 26.3 Å². The van der Waals surface area contributed by atoms with Crippen molar-refractivity contribution in [2.24, 2.45) is 0 Å². The molecule has 0 spiro atoms. The predicted octanol–water partition coefficient (Wildman–Crippen LogP) is 4.17. The highest BCUT2D eigenvalue weighted by Gasteiger charge is 2.02. The molecule has 0 aliphatic heterocycles. The second kappa shape index (κ2) is 9.06. The Kier molecular flexibility index (Phi) is 7.62. The van der Waals surface area contributed by atoms with E-state index in [-0.39, 0.29) is 0 Å². The highest BCUT2D eigenvalue weighted by Crippen LogP contribution is 2.09. The minimum atomic E-state index is -1.35. The van der Waals surface area contributed by atoms with Gasteiger partial charge in [-0.2, -0.15) is 0 Å². The zero-order chi connectivity index (χ0) is 13.2. The van der Waals surface area contributed by atoms with E-state index >= 15 is 0 Å². The van der Waals surface area contributed by atoms with Crippen LogP contribution in [0.25, 0.3) is 0 Å². The van der Waals surface area contributed by atoms with Crippen LogP contribution in [0.3, 0.4) is 0 Å². The van der Waals surface area contributed by atoms with Gasteiger partial charge in [-0.1, -0.05) is 49.6 Å². The highest BCUT2D eigenvalue weighted by atomic mass is 32.2. The molecule has 0 bridgehead atoms. The van der Waals surface area contributed by atoms with E-state index in [1.807, 2.05) is 37.3 Å². The smallest absolute Gasteiger partial charge is 0.189 e. The van der Waals surface area contributed by atoms with Crippen LogP contribution >= 0.6 is 0 Å². The van der Waals surface area contributed by atoms with E-state index < -0.39 is 11.1 Å². The molecule has 0 saturated carbocycles. The summed E-state index contributed by atoms with van der Waals surface area (Å²) in [5.74, 6) is 0. The number of benzene rings is 1. The lowest BCUT2D eigenvalue weighted by atomic mass is 10.2. The van der Waals surface area contributed by atoms with E-state index in [9.17, 15) is 4.21 Å². The average molecular weight is 266 g/mol. The summed E-state index contributed by atoms with van der Waals surface area (Å²) in [6, 6.07) is 7.57. The summed E-state index contributed by atoms with van der Waals surface area (Å²) >= 11 is -1.35.